The van der Waals surface area contributed by atoms with Gasteiger partial charge in [0.1, 0.15) is 0 Å². The molecule has 0 aliphatic rings. The van der Waals surface area contributed by atoms with Crippen LogP contribution in [0.5, 0.6) is 5.88 Å². The second-order valence-electron chi connectivity index (χ2n) is 2.52. The first-order chi connectivity index (χ1) is 6.92. The van der Waals surface area contributed by atoms with Gasteiger partial charge in [0.15, 0.2) is 0 Å². The number of aromatic amines is 1. The lowest BCUT2D eigenvalue weighted by atomic mass is 10.2. The Bertz CT molecular complexity index is 400. The number of hydrogen-bond acceptors (Lipinski definition) is 5. The van der Waals surface area contributed by atoms with Crippen molar-refractivity contribution in [2.75, 3.05) is 6.61 Å². The van der Waals surface area contributed by atoms with E-state index < -0.39 is 0 Å². The summed E-state index contributed by atoms with van der Waals surface area (Å²) in [4.78, 5) is 4.08. The van der Waals surface area contributed by atoms with Crippen molar-refractivity contribution in [2.45, 2.75) is 6.92 Å². The fraction of sp³-hybridized carbons (Fsp3) is 0.250. The van der Waals surface area contributed by atoms with E-state index in [0.717, 1.165) is 5.56 Å². The zero-order valence-corrected chi connectivity index (χ0v) is 7.64. The van der Waals surface area contributed by atoms with E-state index in [9.17, 15) is 0 Å². The van der Waals surface area contributed by atoms with E-state index in [0.29, 0.717) is 18.3 Å². The van der Waals surface area contributed by atoms with Gasteiger partial charge in [0, 0.05) is 6.20 Å². The molecule has 2 aromatic rings. The largest absolute Gasteiger partial charge is 0.477 e. The van der Waals surface area contributed by atoms with Crippen LogP contribution in [0.2, 0.25) is 0 Å². The number of rotatable bonds is 3. The first-order valence-corrected chi connectivity index (χ1v) is 4.23. The topological polar surface area (TPSA) is 76.6 Å². The summed E-state index contributed by atoms with van der Waals surface area (Å²) in [5.41, 5.74) is 0.739. The summed E-state index contributed by atoms with van der Waals surface area (Å²) in [5, 5.41) is 13.6. The number of aromatic nitrogens is 5. The molecule has 0 amide bonds. The van der Waals surface area contributed by atoms with E-state index in [1.165, 1.54) is 0 Å². The predicted molar refractivity (Wildman–Crippen MR) is 48.6 cm³/mol. The van der Waals surface area contributed by atoms with Crippen LogP contribution in [-0.4, -0.2) is 32.2 Å². The van der Waals surface area contributed by atoms with E-state index in [2.05, 4.69) is 25.6 Å². The van der Waals surface area contributed by atoms with Crippen molar-refractivity contribution in [3.8, 4) is 17.3 Å². The SMILES string of the molecule is CCOc1ncccc1-c1nn[nH]n1. The molecule has 0 bridgehead atoms. The Labute approximate surface area is 80.3 Å². The molecule has 0 atom stereocenters. The van der Waals surface area contributed by atoms with Crippen LogP contribution in [-0.2, 0) is 0 Å². The van der Waals surface area contributed by atoms with Crippen LogP contribution in [0, 0.1) is 0 Å². The van der Waals surface area contributed by atoms with Crippen LogP contribution in [0.4, 0.5) is 0 Å². The maximum absolute atomic E-state index is 5.33. The molecule has 0 aliphatic heterocycles. The van der Waals surface area contributed by atoms with Crippen molar-refractivity contribution in [2.24, 2.45) is 0 Å². The molecular weight excluding hydrogens is 182 g/mol. The summed E-state index contributed by atoms with van der Waals surface area (Å²) in [6.07, 6.45) is 1.66. The molecule has 0 aliphatic carbocycles. The number of nitrogens with zero attached hydrogens (tertiary/aromatic N) is 4. The number of H-pyrrole nitrogens is 1. The molecule has 2 heterocycles. The molecular formula is C8H9N5O. The van der Waals surface area contributed by atoms with E-state index in [1.54, 1.807) is 12.3 Å². The average molecular weight is 191 g/mol. The number of tetrazole rings is 1. The van der Waals surface area contributed by atoms with Crippen LogP contribution < -0.4 is 4.74 Å². The summed E-state index contributed by atoms with van der Waals surface area (Å²) in [5.74, 6) is 1.01. The molecule has 14 heavy (non-hydrogen) atoms. The Morgan fingerprint density at radius 1 is 1.50 bits per heavy atom. The number of ether oxygens (including phenoxy) is 1. The van der Waals surface area contributed by atoms with Crippen LogP contribution >= 0.6 is 0 Å². The third-order valence-electron chi connectivity index (χ3n) is 1.64. The first kappa shape index (κ1) is 8.61. The lowest BCUT2D eigenvalue weighted by molar-refractivity contribution is 0.328. The normalized spacial score (nSPS) is 10.1. The van der Waals surface area contributed by atoms with E-state index >= 15 is 0 Å². The number of nitrogens with one attached hydrogen (secondary N) is 1. The first-order valence-electron chi connectivity index (χ1n) is 4.23. The van der Waals surface area contributed by atoms with Crippen molar-refractivity contribution < 1.29 is 4.74 Å². The van der Waals surface area contributed by atoms with E-state index in [4.69, 9.17) is 4.74 Å². The van der Waals surface area contributed by atoms with Crippen LogP contribution in [0.25, 0.3) is 11.4 Å². The molecule has 0 spiro atoms. The van der Waals surface area contributed by atoms with Crippen molar-refractivity contribution in [3.63, 3.8) is 0 Å². The van der Waals surface area contributed by atoms with Gasteiger partial charge in [0.05, 0.1) is 12.2 Å². The highest BCUT2D eigenvalue weighted by atomic mass is 16.5. The Balaban J connectivity index is 2.42. The summed E-state index contributed by atoms with van der Waals surface area (Å²) >= 11 is 0. The minimum atomic E-state index is 0.488. The molecule has 0 radical (unpaired) electrons. The smallest absolute Gasteiger partial charge is 0.224 e. The van der Waals surface area contributed by atoms with Gasteiger partial charge in [0.25, 0.3) is 0 Å². The Hall–Kier alpha value is -1.98. The molecule has 0 saturated heterocycles. The zero-order valence-electron chi connectivity index (χ0n) is 7.64. The van der Waals surface area contributed by atoms with Gasteiger partial charge in [-0.15, -0.1) is 10.2 Å². The summed E-state index contributed by atoms with van der Waals surface area (Å²) in [6.45, 7) is 2.45. The molecule has 0 saturated carbocycles. The zero-order chi connectivity index (χ0) is 9.80. The summed E-state index contributed by atoms with van der Waals surface area (Å²) in [7, 11) is 0. The van der Waals surface area contributed by atoms with Gasteiger partial charge in [0.2, 0.25) is 11.7 Å². The van der Waals surface area contributed by atoms with Crippen molar-refractivity contribution in [1.29, 1.82) is 0 Å². The maximum Gasteiger partial charge on any atom is 0.224 e. The molecule has 72 valence electrons. The van der Waals surface area contributed by atoms with Crippen LogP contribution in [0.1, 0.15) is 6.92 Å². The minimum Gasteiger partial charge on any atom is -0.477 e. The minimum absolute atomic E-state index is 0.488. The van der Waals surface area contributed by atoms with Crippen molar-refractivity contribution in [1.82, 2.24) is 25.6 Å². The quantitative estimate of drug-likeness (QED) is 0.771. The number of pyridine rings is 1. The van der Waals surface area contributed by atoms with E-state index in [1.807, 2.05) is 13.0 Å². The second kappa shape index (κ2) is 3.82. The van der Waals surface area contributed by atoms with Crippen molar-refractivity contribution >= 4 is 0 Å². The molecule has 0 aromatic carbocycles. The highest BCUT2D eigenvalue weighted by Crippen LogP contribution is 2.23. The third kappa shape index (κ3) is 1.54. The summed E-state index contributed by atoms with van der Waals surface area (Å²) in [6, 6.07) is 3.64. The molecule has 0 unspecified atom stereocenters. The summed E-state index contributed by atoms with van der Waals surface area (Å²) < 4.78 is 5.33. The van der Waals surface area contributed by atoms with Crippen LogP contribution in [0.15, 0.2) is 18.3 Å². The van der Waals surface area contributed by atoms with Gasteiger partial charge in [-0.3, -0.25) is 0 Å². The Morgan fingerprint density at radius 2 is 2.43 bits per heavy atom. The molecule has 1 N–H and O–H groups in total. The molecule has 0 fully saturated rings. The second-order valence-corrected chi connectivity index (χ2v) is 2.52. The van der Waals surface area contributed by atoms with Gasteiger partial charge >= 0.3 is 0 Å². The third-order valence-corrected chi connectivity index (χ3v) is 1.64. The Morgan fingerprint density at radius 3 is 3.14 bits per heavy atom. The monoisotopic (exact) mass is 191 g/mol. The lowest BCUT2D eigenvalue weighted by Gasteiger charge is -2.04. The van der Waals surface area contributed by atoms with Crippen molar-refractivity contribution in [3.05, 3.63) is 18.3 Å². The van der Waals surface area contributed by atoms with Gasteiger partial charge < -0.3 is 4.74 Å². The van der Waals surface area contributed by atoms with Gasteiger partial charge in [-0.2, -0.15) is 5.21 Å². The predicted octanol–water partition coefficient (Wildman–Crippen LogP) is 0.660. The van der Waals surface area contributed by atoms with Crippen LogP contribution in [0.3, 0.4) is 0 Å². The van der Waals surface area contributed by atoms with Gasteiger partial charge in [-0.25, -0.2) is 4.98 Å². The van der Waals surface area contributed by atoms with E-state index in [-0.39, 0.29) is 0 Å². The molecule has 6 heteroatoms. The fourth-order valence-electron chi connectivity index (χ4n) is 1.09. The fourth-order valence-corrected chi connectivity index (χ4v) is 1.09. The Kier molecular flexibility index (Phi) is 2.35. The maximum atomic E-state index is 5.33. The lowest BCUT2D eigenvalue weighted by Crippen LogP contribution is -1.97. The highest BCUT2D eigenvalue weighted by molar-refractivity contribution is 5.60. The molecule has 2 rings (SSSR count). The molecule has 2 aromatic heterocycles. The van der Waals surface area contributed by atoms with Gasteiger partial charge in [-0.05, 0) is 24.3 Å². The standard InChI is InChI=1S/C8H9N5O/c1-2-14-8-6(4-3-5-9-8)7-10-12-13-11-7/h3-5H,2H2,1H3,(H,10,11,12,13). The molecule has 6 nitrogen and oxygen atoms in total. The van der Waals surface area contributed by atoms with Gasteiger partial charge in [-0.1, -0.05) is 0 Å². The highest BCUT2D eigenvalue weighted by Gasteiger charge is 2.10. The average Bonchev–Trinajstić information content (AvgIpc) is 2.72. The number of hydrogen-bond donors (Lipinski definition) is 1.